The molecule has 13 nitrogen and oxygen atoms in total. The Hall–Kier alpha value is -3.24. The third kappa shape index (κ3) is 15.9. The van der Waals surface area contributed by atoms with Gasteiger partial charge in [0.2, 0.25) is 0 Å². The average molecular weight is 688 g/mol. The van der Waals surface area contributed by atoms with Crippen molar-refractivity contribution in [3.8, 4) is 11.5 Å². The fraction of sp³-hybridized carbons (Fsp3) is 0.548. The molecule has 15 heteroatoms. The average Bonchev–Trinajstić information content (AvgIpc) is 2.99. The van der Waals surface area contributed by atoms with Gasteiger partial charge in [0.1, 0.15) is 24.7 Å². The van der Waals surface area contributed by atoms with Crippen LogP contribution in [0.15, 0.2) is 58.3 Å². The second-order valence-electron chi connectivity index (χ2n) is 10.8. The smallest absolute Gasteiger partial charge is 0.433 e. The fourth-order valence-corrected chi connectivity index (χ4v) is 5.55. The zero-order chi connectivity index (χ0) is 34.0. The molecule has 0 amide bonds. The summed E-state index contributed by atoms with van der Waals surface area (Å²) in [6, 6.07) is 9.28. The zero-order valence-electron chi connectivity index (χ0n) is 26.3. The Kier molecular flexibility index (Phi) is 17.0. The Morgan fingerprint density at radius 3 is 1.39 bits per heavy atom. The van der Waals surface area contributed by atoms with Crippen molar-refractivity contribution in [2.45, 2.75) is 93.9 Å². The molecule has 46 heavy (non-hydrogen) atoms. The Morgan fingerprint density at radius 1 is 0.652 bits per heavy atom. The standard InChI is InChI=1S/C31H45NO12S2/c1-3-4-5-6-7-8-9-10-11-12-25(2)32(21-23-41-30(33)43-26-13-17-28(18-14-26)45(35,36)37)22-24-42-31(34)44-27-15-19-29(20-16-27)46(38,39)40/h13-20,25H,3-12,21-24H2,1-2H3,(H,35,36,37)(H,38,39,40). The summed E-state index contributed by atoms with van der Waals surface area (Å²) in [5.41, 5.74) is 0. The van der Waals surface area contributed by atoms with E-state index in [4.69, 9.17) is 28.1 Å². The number of nitrogens with zero attached hydrogens (tertiary/aromatic N) is 1. The van der Waals surface area contributed by atoms with Crippen molar-refractivity contribution in [3.63, 3.8) is 0 Å². The number of ether oxygens (including phenoxy) is 4. The number of carbonyl (C=O) groups excluding carboxylic acids is 2. The van der Waals surface area contributed by atoms with Crippen molar-refractivity contribution in [1.29, 1.82) is 0 Å². The van der Waals surface area contributed by atoms with Crippen LogP contribution in [0, 0.1) is 0 Å². The van der Waals surface area contributed by atoms with E-state index in [1.807, 2.05) is 11.8 Å². The van der Waals surface area contributed by atoms with Crippen molar-refractivity contribution in [2.24, 2.45) is 0 Å². The Bertz CT molecular complexity index is 1320. The number of rotatable bonds is 21. The van der Waals surface area contributed by atoms with Gasteiger partial charge in [0.25, 0.3) is 20.2 Å². The SMILES string of the molecule is CCCCCCCCCCCC(C)N(CCOC(=O)Oc1ccc(S(=O)(=O)O)cc1)CCOC(=O)Oc1ccc(S(=O)(=O)O)cc1. The maximum absolute atomic E-state index is 12.2. The van der Waals surface area contributed by atoms with Crippen LogP contribution in [0.3, 0.4) is 0 Å². The maximum Gasteiger partial charge on any atom is 0.513 e. The molecule has 0 aliphatic carbocycles. The van der Waals surface area contributed by atoms with Crippen molar-refractivity contribution in [3.05, 3.63) is 48.5 Å². The van der Waals surface area contributed by atoms with E-state index in [-0.39, 0.29) is 40.5 Å². The summed E-state index contributed by atoms with van der Waals surface area (Å²) in [7, 11) is -8.75. The highest BCUT2D eigenvalue weighted by Gasteiger charge is 2.17. The van der Waals surface area contributed by atoms with Gasteiger partial charge in [-0.3, -0.25) is 14.0 Å². The van der Waals surface area contributed by atoms with Crippen LogP contribution >= 0.6 is 0 Å². The highest BCUT2D eigenvalue weighted by Crippen LogP contribution is 2.18. The topological polar surface area (TPSA) is 183 Å². The molecule has 0 aromatic heterocycles. The van der Waals surface area contributed by atoms with E-state index in [0.717, 1.165) is 43.5 Å². The van der Waals surface area contributed by atoms with Gasteiger partial charge in [0, 0.05) is 19.1 Å². The van der Waals surface area contributed by atoms with Gasteiger partial charge in [-0.1, -0.05) is 64.7 Å². The van der Waals surface area contributed by atoms with Gasteiger partial charge < -0.3 is 18.9 Å². The van der Waals surface area contributed by atoms with Crippen LogP contribution in [0.1, 0.15) is 78.1 Å². The highest BCUT2D eigenvalue weighted by atomic mass is 32.2. The predicted octanol–water partition coefficient (Wildman–Crippen LogP) is 6.52. The van der Waals surface area contributed by atoms with E-state index in [9.17, 15) is 26.4 Å². The Labute approximate surface area is 271 Å². The summed E-state index contributed by atoms with van der Waals surface area (Å²) in [6.07, 6.45) is 9.70. The third-order valence-electron chi connectivity index (χ3n) is 7.19. The molecule has 2 rings (SSSR count). The summed E-state index contributed by atoms with van der Waals surface area (Å²) in [5.74, 6) is 0.0695. The lowest BCUT2D eigenvalue weighted by atomic mass is 10.0. The summed E-state index contributed by atoms with van der Waals surface area (Å²) < 4.78 is 83.4. The lowest BCUT2D eigenvalue weighted by molar-refractivity contribution is 0.0602. The molecule has 1 unspecified atom stereocenters. The molecule has 2 N–H and O–H groups in total. The van der Waals surface area contributed by atoms with Crippen LogP contribution in [0.25, 0.3) is 0 Å². The predicted molar refractivity (Wildman–Crippen MR) is 169 cm³/mol. The molecule has 0 saturated heterocycles. The lowest BCUT2D eigenvalue weighted by Crippen LogP contribution is -2.39. The van der Waals surface area contributed by atoms with E-state index in [2.05, 4.69) is 6.92 Å². The second kappa shape index (κ2) is 20.1. The van der Waals surface area contributed by atoms with Crippen LogP contribution in [-0.4, -0.2) is 75.5 Å². The van der Waals surface area contributed by atoms with E-state index in [1.54, 1.807) is 0 Å². The van der Waals surface area contributed by atoms with Crippen molar-refractivity contribution in [1.82, 2.24) is 4.90 Å². The normalized spacial score (nSPS) is 12.5. The van der Waals surface area contributed by atoms with Crippen molar-refractivity contribution >= 4 is 32.5 Å². The van der Waals surface area contributed by atoms with Crippen molar-refractivity contribution < 1.29 is 54.5 Å². The first-order chi connectivity index (χ1) is 21.8. The molecule has 0 bridgehead atoms. The number of benzene rings is 2. The van der Waals surface area contributed by atoms with Gasteiger partial charge in [-0.05, 0) is 61.9 Å². The molecule has 2 aromatic rings. The van der Waals surface area contributed by atoms with E-state index < -0.39 is 32.5 Å². The van der Waals surface area contributed by atoms with Crippen LogP contribution in [0.5, 0.6) is 11.5 Å². The molecule has 2 aromatic carbocycles. The second-order valence-corrected chi connectivity index (χ2v) is 13.6. The number of unbranched alkanes of at least 4 members (excludes halogenated alkanes) is 8. The van der Waals surface area contributed by atoms with Gasteiger partial charge >= 0.3 is 12.3 Å². The van der Waals surface area contributed by atoms with Crippen LogP contribution in [0.2, 0.25) is 0 Å². The van der Waals surface area contributed by atoms with Gasteiger partial charge in [-0.15, -0.1) is 0 Å². The first-order valence-electron chi connectivity index (χ1n) is 15.4. The molecule has 258 valence electrons. The number of hydrogen-bond donors (Lipinski definition) is 2. The molecule has 0 saturated carbocycles. The summed E-state index contributed by atoms with van der Waals surface area (Å²) in [6.45, 7) is 4.79. The van der Waals surface area contributed by atoms with Gasteiger partial charge in [-0.25, -0.2) is 9.59 Å². The van der Waals surface area contributed by atoms with Gasteiger partial charge in [0.05, 0.1) is 9.79 Å². The van der Waals surface area contributed by atoms with Crippen LogP contribution in [-0.2, 0) is 29.7 Å². The largest absolute Gasteiger partial charge is 0.513 e. The summed E-state index contributed by atoms with van der Waals surface area (Å²) >= 11 is 0. The zero-order valence-corrected chi connectivity index (χ0v) is 28.0. The number of carbonyl (C=O) groups is 2. The molecular weight excluding hydrogens is 642 g/mol. The first-order valence-corrected chi connectivity index (χ1v) is 18.3. The summed E-state index contributed by atoms with van der Waals surface area (Å²) in [4.78, 5) is 25.7. The summed E-state index contributed by atoms with van der Waals surface area (Å²) in [5, 5.41) is 0. The van der Waals surface area contributed by atoms with Gasteiger partial charge in [-0.2, -0.15) is 16.8 Å². The number of hydrogen-bond acceptors (Lipinski definition) is 11. The van der Waals surface area contributed by atoms with Gasteiger partial charge in [0.15, 0.2) is 0 Å². The quantitative estimate of drug-likeness (QED) is 0.0626. The molecule has 0 aliphatic rings. The minimum atomic E-state index is -4.38. The molecular formula is C31H45NO12S2. The van der Waals surface area contributed by atoms with E-state index >= 15 is 0 Å². The van der Waals surface area contributed by atoms with E-state index in [0.29, 0.717) is 13.1 Å². The van der Waals surface area contributed by atoms with Crippen LogP contribution < -0.4 is 9.47 Å². The monoisotopic (exact) mass is 687 g/mol. The lowest BCUT2D eigenvalue weighted by Gasteiger charge is -2.28. The highest BCUT2D eigenvalue weighted by molar-refractivity contribution is 7.86. The Morgan fingerprint density at radius 2 is 1.02 bits per heavy atom. The van der Waals surface area contributed by atoms with Crippen LogP contribution in [0.4, 0.5) is 9.59 Å². The minimum Gasteiger partial charge on any atom is -0.433 e. The molecule has 0 heterocycles. The molecule has 0 aliphatic heterocycles. The van der Waals surface area contributed by atoms with E-state index in [1.165, 1.54) is 69.2 Å². The first kappa shape index (κ1) is 38.9. The Balaban J connectivity index is 1.84. The fourth-order valence-electron chi connectivity index (χ4n) is 4.59. The molecule has 0 radical (unpaired) electrons. The molecule has 0 fully saturated rings. The third-order valence-corrected chi connectivity index (χ3v) is 8.93. The maximum atomic E-state index is 12.2. The molecule has 1 atom stereocenters. The molecule has 0 spiro atoms. The minimum absolute atomic E-state index is 0.0331. The van der Waals surface area contributed by atoms with Crippen molar-refractivity contribution in [2.75, 3.05) is 26.3 Å².